The summed E-state index contributed by atoms with van der Waals surface area (Å²) in [6.07, 6.45) is 0.217. The van der Waals surface area contributed by atoms with Crippen molar-refractivity contribution in [3.63, 3.8) is 0 Å². The Kier molecular flexibility index (Phi) is 10.8. The van der Waals surface area contributed by atoms with Crippen molar-refractivity contribution in [1.82, 2.24) is 10.2 Å². The molecule has 0 bridgehead atoms. The smallest absolute Gasteiger partial charge is 0.264 e. The Hall–Kier alpha value is -3.86. The summed E-state index contributed by atoms with van der Waals surface area (Å²) in [6, 6.07) is 28.1. The number of anilines is 1. The molecule has 11 heteroatoms. The molecule has 4 aromatic rings. The molecule has 0 saturated carbocycles. The Balaban J connectivity index is 1.82. The van der Waals surface area contributed by atoms with E-state index in [1.54, 1.807) is 24.3 Å². The third-order valence-corrected chi connectivity index (χ3v) is 9.34. The highest BCUT2D eigenvalue weighted by molar-refractivity contribution is 9.10. The van der Waals surface area contributed by atoms with Crippen LogP contribution in [0, 0.1) is 0 Å². The largest absolute Gasteiger partial charge is 0.495 e. The van der Waals surface area contributed by atoms with E-state index in [1.807, 2.05) is 54.6 Å². The SMILES string of the molecule is CNC(=O)[C@H](Cc1ccccc1)N(Cc1ccc(Br)cc1)C(=O)CN(c1cc(Cl)ccc1OC)S(=O)(=O)c1ccccc1. The highest BCUT2D eigenvalue weighted by Crippen LogP contribution is 2.35. The van der Waals surface area contributed by atoms with Crippen LogP contribution in [0.5, 0.6) is 5.75 Å². The Bertz CT molecular complexity index is 1660. The maximum absolute atomic E-state index is 14.4. The minimum atomic E-state index is -4.28. The monoisotopic (exact) mass is 683 g/mol. The lowest BCUT2D eigenvalue weighted by molar-refractivity contribution is -0.139. The van der Waals surface area contributed by atoms with Gasteiger partial charge in [0.1, 0.15) is 18.3 Å². The van der Waals surface area contributed by atoms with Gasteiger partial charge in [0, 0.05) is 29.5 Å². The second-order valence-electron chi connectivity index (χ2n) is 9.61. The Morgan fingerprint density at radius 3 is 2.14 bits per heavy atom. The lowest BCUT2D eigenvalue weighted by Crippen LogP contribution is -2.53. The minimum Gasteiger partial charge on any atom is -0.495 e. The zero-order valence-electron chi connectivity index (χ0n) is 23.6. The first-order valence-corrected chi connectivity index (χ1v) is 16.0. The maximum atomic E-state index is 14.4. The molecule has 0 fully saturated rings. The lowest BCUT2D eigenvalue weighted by atomic mass is 10.0. The van der Waals surface area contributed by atoms with E-state index in [0.29, 0.717) is 0 Å². The van der Waals surface area contributed by atoms with Gasteiger partial charge in [-0.15, -0.1) is 0 Å². The number of halogens is 2. The van der Waals surface area contributed by atoms with E-state index in [9.17, 15) is 18.0 Å². The van der Waals surface area contributed by atoms with Gasteiger partial charge >= 0.3 is 0 Å². The molecule has 0 aliphatic carbocycles. The van der Waals surface area contributed by atoms with Crippen LogP contribution in [-0.2, 0) is 32.6 Å². The van der Waals surface area contributed by atoms with Gasteiger partial charge in [0.2, 0.25) is 11.8 Å². The van der Waals surface area contributed by atoms with Crippen molar-refractivity contribution >= 4 is 55.1 Å². The van der Waals surface area contributed by atoms with Gasteiger partial charge in [-0.25, -0.2) is 8.42 Å². The third-order valence-electron chi connectivity index (χ3n) is 6.80. The molecule has 0 aromatic heterocycles. The van der Waals surface area contributed by atoms with Crippen LogP contribution in [0.15, 0.2) is 112 Å². The maximum Gasteiger partial charge on any atom is 0.264 e. The van der Waals surface area contributed by atoms with Crippen molar-refractivity contribution in [3.8, 4) is 5.75 Å². The fourth-order valence-corrected chi connectivity index (χ4v) is 6.47. The summed E-state index contributed by atoms with van der Waals surface area (Å²) >= 11 is 9.73. The number of hydrogen-bond donors (Lipinski definition) is 1. The molecule has 4 rings (SSSR count). The molecule has 0 radical (unpaired) electrons. The topological polar surface area (TPSA) is 96.0 Å². The first-order chi connectivity index (χ1) is 20.6. The second kappa shape index (κ2) is 14.5. The summed E-state index contributed by atoms with van der Waals surface area (Å²) < 4.78 is 35.5. The number of carbonyl (C=O) groups excluding carboxylic acids is 2. The van der Waals surface area contributed by atoms with Crippen molar-refractivity contribution < 1.29 is 22.7 Å². The van der Waals surface area contributed by atoms with Crippen LogP contribution in [-0.4, -0.2) is 51.9 Å². The van der Waals surface area contributed by atoms with Crippen LogP contribution in [0.25, 0.3) is 0 Å². The molecule has 2 amide bonds. The number of likely N-dealkylation sites (N-methyl/N-ethyl adjacent to an activating group) is 1. The molecule has 1 atom stereocenters. The minimum absolute atomic E-state index is 0.0172. The number of hydrogen-bond acceptors (Lipinski definition) is 5. The number of rotatable bonds is 12. The average Bonchev–Trinajstić information content (AvgIpc) is 3.02. The Labute approximate surface area is 265 Å². The first kappa shape index (κ1) is 32.1. The predicted molar refractivity (Wildman–Crippen MR) is 172 cm³/mol. The van der Waals surface area contributed by atoms with Gasteiger partial charge in [0.15, 0.2) is 0 Å². The van der Waals surface area contributed by atoms with Crippen LogP contribution in [0.1, 0.15) is 11.1 Å². The van der Waals surface area contributed by atoms with E-state index in [-0.39, 0.29) is 40.2 Å². The normalized spacial score (nSPS) is 11.8. The van der Waals surface area contributed by atoms with Crippen LogP contribution in [0.4, 0.5) is 5.69 Å². The van der Waals surface area contributed by atoms with Crippen LogP contribution >= 0.6 is 27.5 Å². The van der Waals surface area contributed by atoms with Crippen molar-refractivity contribution in [2.45, 2.75) is 23.9 Å². The summed E-state index contributed by atoms with van der Waals surface area (Å²) in [5.41, 5.74) is 1.70. The number of benzene rings is 4. The average molecular weight is 685 g/mol. The molecule has 0 aliphatic heterocycles. The van der Waals surface area contributed by atoms with Gasteiger partial charge in [-0.1, -0.05) is 88.2 Å². The zero-order valence-corrected chi connectivity index (χ0v) is 26.8. The van der Waals surface area contributed by atoms with Gasteiger partial charge in [-0.2, -0.15) is 0 Å². The highest BCUT2D eigenvalue weighted by atomic mass is 79.9. The summed E-state index contributed by atoms with van der Waals surface area (Å²) in [7, 11) is -1.37. The number of methoxy groups -OCH3 is 1. The molecule has 4 aromatic carbocycles. The predicted octanol–water partition coefficient (Wildman–Crippen LogP) is 5.69. The Morgan fingerprint density at radius 2 is 1.53 bits per heavy atom. The number of nitrogens with zero attached hydrogens (tertiary/aromatic N) is 2. The van der Waals surface area contributed by atoms with E-state index >= 15 is 0 Å². The number of ether oxygens (including phenoxy) is 1. The number of amides is 2. The van der Waals surface area contributed by atoms with Gasteiger partial charge in [0.05, 0.1) is 17.7 Å². The number of sulfonamides is 1. The lowest BCUT2D eigenvalue weighted by Gasteiger charge is -2.34. The highest BCUT2D eigenvalue weighted by Gasteiger charge is 2.35. The van der Waals surface area contributed by atoms with Crippen LogP contribution in [0.3, 0.4) is 0 Å². The van der Waals surface area contributed by atoms with Gasteiger partial charge in [0.25, 0.3) is 10.0 Å². The van der Waals surface area contributed by atoms with Crippen molar-refractivity contribution in [1.29, 1.82) is 0 Å². The quantitative estimate of drug-likeness (QED) is 0.207. The van der Waals surface area contributed by atoms with Crippen molar-refractivity contribution in [2.75, 3.05) is 25.0 Å². The van der Waals surface area contributed by atoms with Crippen molar-refractivity contribution in [2.24, 2.45) is 0 Å². The second-order valence-corrected chi connectivity index (χ2v) is 12.8. The molecular formula is C32H31BrClN3O5S. The van der Waals surface area contributed by atoms with E-state index in [0.717, 1.165) is 19.9 Å². The summed E-state index contributed by atoms with van der Waals surface area (Å²) in [4.78, 5) is 29.1. The van der Waals surface area contributed by atoms with Gasteiger partial charge in [-0.05, 0) is 53.6 Å². The van der Waals surface area contributed by atoms with E-state index < -0.39 is 28.5 Å². The molecule has 43 heavy (non-hydrogen) atoms. The Morgan fingerprint density at radius 1 is 0.907 bits per heavy atom. The fourth-order valence-electron chi connectivity index (χ4n) is 4.60. The third kappa shape index (κ3) is 7.95. The van der Waals surface area contributed by atoms with E-state index in [2.05, 4.69) is 21.2 Å². The standard InChI is InChI=1S/C32H31BrClN3O5S/c1-35-32(39)29(19-23-9-5-3-6-10-23)36(21-24-13-15-25(33)16-14-24)31(38)22-37(28-20-26(34)17-18-30(28)42-2)43(40,41)27-11-7-4-8-12-27/h3-18,20,29H,19,21-22H2,1-2H3,(H,35,39)/t29-/m0/s1. The zero-order chi connectivity index (χ0) is 31.0. The molecule has 0 aliphatic rings. The number of carbonyl (C=O) groups is 2. The van der Waals surface area contributed by atoms with Crippen LogP contribution < -0.4 is 14.4 Å². The molecule has 224 valence electrons. The summed E-state index contributed by atoms with van der Waals surface area (Å²) in [5.74, 6) is -0.760. The van der Waals surface area contributed by atoms with Crippen LogP contribution in [0.2, 0.25) is 5.02 Å². The molecule has 0 saturated heterocycles. The molecule has 0 spiro atoms. The molecule has 8 nitrogen and oxygen atoms in total. The van der Waals surface area contributed by atoms with Crippen molar-refractivity contribution in [3.05, 3.63) is 124 Å². The summed E-state index contributed by atoms with van der Waals surface area (Å²) in [5, 5.41) is 2.93. The van der Waals surface area contributed by atoms with Gasteiger partial charge in [-0.3, -0.25) is 13.9 Å². The number of nitrogens with one attached hydrogen (secondary N) is 1. The summed E-state index contributed by atoms with van der Waals surface area (Å²) in [6.45, 7) is -0.560. The molecule has 1 N–H and O–H groups in total. The molecule has 0 heterocycles. The van der Waals surface area contributed by atoms with E-state index in [1.165, 1.54) is 43.3 Å². The molecule has 0 unspecified atom stereocenters. The fraction of sp³-hybridized carbons (Fsp3) is 0.188. The first-order valence-electron chi connectivity index (χ1n) is 13.3. The van der Waals surface area contributed by atoms with Gasteiger partial charge < -0.3 is 15.0 Å². The van der Waals surface area contributed by atoms with E-state index in [4.69, 9.17) is 16.3 Å². The molecular weight excluding hydrogens is 654 g/mol.